The smallest absolute Gasteiger partial charge is 0.261 e. The molecule has 19 heavy (non-hydrogen) atoms. The van der Waals surface area contributed by atoms with E-state index >= 15 is 0 Å². The van der Waals surface area contributed by atoms with Crippen molar-refractivity contribution in [2.75, 3.05) is 6.61 Å². The summed E-state index contributed by atoms with van der Waals surface area (Å²) in [6.07, 6.45) is 1.65. The minimum atomic E-state index is -0.649. The Morgan fingerprint density at radius 1 is 1.37 bits per heavy atom. The van der Waals surface area contributed by atoms with Gasteiger partial charge in [-0.2, -0.15) is 5.06 Å². The molecule has 2 aliphatic rings. The number of hydrogen-bond donors (Lipinski definition) is 0. The minimum Gasteiger partial charge on any atom is -0.272 e. The maximum absolute atomic E-state index is 12.4. The van der Waals surface area contributed by atoms with Crippen LogP contribution in [0.15, 0.2) is 10.6 Å². The lowest BCUT2D eigenvalue weighted by Crippen LogP contribution is -2.37. The van der Waals surface area contributed by atoms with Gasteiger partial charge in [0.25, 0.3) is 11.8 Å². The number of imide groups is 1. The first-order valence-corrected chi connectivity index (χ1v) is 6.89. The number of allylic oxidation sites excluding steroid dienone is 1. The van der Waals surface area contributed by atoms with E-state index in [2.05, 4.69) is 0 Å². The molecule has 0 aromatic carbocycles. The molecule has 2 fully saturated rings. The van der Waals surface area contributed by atoms with Crippen LogP contribution in [0.5, 0.6) is 0 Å². The predicted molar refractivity (Wildman–Crippen MR) is 72.1 cm³/mol. The average molecular weight is 306 g/mol. The van der Waals surface area contributed by atoms with Gasteiger partial charge < -0.3 is 0 Å². The van der Waals surface area contributed by atoms with E-state index in [9.17, 15) is 9.59 Å². The molecule has 1 saturated carbocycles. The zero-order valence-electron chi connectivity index (χ0n) is 11.4. The average Bonchev–Trinajstić information content (AvgIpc) is 2.65. The van der Waals surface area contributed by atoms with Crippen LogP contribution >= 0.6 is 23.2 Å². The van der Waals surface area contributed by atoms with Crippen LogP contribution in [0.25, 0.3) is 0 Å². The second-order valence-electron chi connectivity index (χ2n) is 6.38. The van der Waals surface area contributed by atoms with Gasteiger partial charge in [-0.3, -0.25) is 14.4 Å². The SMILES string of the molecule is CC1(C)CON(C(=O)C2C(C=C(Cl)Cl)C2(C)C)C1=O. The lowest BCUT2D eigenvalue weighted by Gasteiger charge is -2.15. The number of rotatable bonds is 2. The van der Waals surface area contributed by atoms with Crippen LogP contribution < -0.4 is 0 Å². The molecule has 0 N–H and O–H groups in total. The van der Waals surface area contributed by atoms with Crippen LogP contribution in [-0.4, -0.2) is 23.5 Å². The Balaban J connectivity index is 2.15. The number of hydrogen-bond acceptors (Lipinski definition) is 3. The highest BCUT2D eigenvalue weighted by molar-refractivity contribution is 6.55. The van der Waals surface area contributed by atoms with Crippen molar-refractivity contribution < 1.29 is 14.4 Å². The van der Waals surface area contributed by atoms with E-state index in [0.717, 1.165) is 5.06 Å². The second kappa shape index (κ2) is 4.47. The fourth-order valence-electron chi connectivity index (χ4n) is 2.51. The molecule has 2 amide bonds. The van der Waals surface area contributed by atoms with E-state index in [1.54, 1.807) is 19.9 Å². The molecular formula is C13H17Cl2NO3. The Morgan fingerprint density at radius 2 is 1.95 bits per heavy atom. The molecule has 1 aliphatic heterocycles. The molecule has 1 saturated heterocycles. The predicted octanol–water partition coefficient (Wildman–Crippen LogP) is 2.90. The van der Waals surface area contributed by atoms with Gasteiger partial charge in [0.15, 0.2) is 0 Å². The van der Waals surface area contributed by atoms with Crippen LogP contribution in [-0.2, 0) is 14.4 Å². The third kappa shape index (κ3) is 2.41. The quantitative estimate of drug-likeness (QED) is 0.737. The molecule has 6 heteroatoms. The van der Waals surface area contributed by atoms with Gasteiger partial charge in [-0.1, -0.05) is 37.0 Å². The summed E-state index contributed by atoms with van der Waals surface area (Å²) >= 11 is 11.3. The van der Waals surface area contributed by atoms with Crippen LogP contribution in [0, 0.1) is 22.7 Å². The molecular weight excluding hydrogens is 289 g/mol. The molecule has 0 aromatic heterocycles. The topological polar surface area (TPSA) is 46.6 Å². The summed E-state index contributed by atoms with van der Waals surface area (Å²) in [5.41, 5.74) is -0.910. The summed E-state index contributed by atoms with van der Waals surface area (Å²) in [7, 11) is 0. The van der Waals surface area contributed by atoms with E-state index < -0.39 is 5.41 Å². The number of nitrogens with zero attached hydrogens (tertiary/aromatic N) is 1. The molecule has 2 atom stereocenters. The van der Waals surface area contributed by atoms with Gasteiger partial charge >= 0.3 is 0 Å². The first-order chi connectivity index (χ1) is 8.59. The van der Waals surface area contributed by atoms with Crippen molar-refractivity contribution in [2.45, 2.75) is 27.7 Å². The van der Waals surface area contributed by atoms with Gasteiger partial charge in [0.2, 0.25) is 0 Å². The molecule has 0 bridgehead atoms. The van der Waals surface area contributed by atoms with Crippen LogP contribution in [0.1, 0.15) is 27.7 Å². The highest BCUT2D eigenvalue weighted by atomic mass is 35.5. The summed E-state index contributed by atoms with van der Waals surface area (Å²) in [5.74, 6) is -0.987. The monoisotopic (exact) mass is 305 g/mol. The zero-order chi connectivity index (χ0) is 14.6. The summed E-state index contributed by atoms with van der Waals surface area (Å²) in [4.78, 5) is 29.7. The number of amides is 2. The minimum absolute atomic E-state index is 0.0647. The number of carbonyl (C=O) groups excluding carboxylic acids is 2. The van der Waals surface area contributed by atoms with Crippen LogP contribution in [0.3, 0.4) is 0 Å². The third-order valence-electron chi connectivity index (χ3n) is 4.00. The second-order valence-corrected chi connectivity index (χ2v) is 7.38. The molecule has 106 valence electrons. The van der Waals surface area contributed by atoms with E-state index in [1.165, 1.54) is 0 Å². The number of carbonyl (C=O) groups is 2. The zero-order valence-corrected chi connectivity index (χ0v) is 12.9. The summed E-state index contributed by atoms with van der Waals surface area (Å²) in [6, 6.07) is 0. The van der Waals surface area contributed by atoms with Gasteiger partial charge in [0, 0.05) is 0 Å². The number of hydroxylamine groups is 2. The largest absolute Gasteiger partial charge is 0.272 e. The van der Waals surface area contributed by atoms with E-state index in [0.29, 0.717) is 0 Å². The molecule has 2 unspecified atom stereocenters. The lowest BCUT2D eigenvalue weighted by molar-refractivity contribution is -0.180. The van der Waals surface area contributed by atoms with Crippen LogP contribution in [0.2, 0.25) is 0 Å². The Morgan fingerprint density at radius 3 is 2.37 bits per heavy atom. The Hall–Kier alpha value is -0.580. The van der Waals surface area contributed by atoms with Gasteiger partial charge in [0.1, 0.15) is 4.49 Å². The van der Waals surface area contributed by atoms with Crippen molar-refractivity contribution >= 4 is 35.0 Å². The first kappa shape index (κ1) is 14.8. The summed E-state index contributed by atoms with van der Waals surface area (Å²) in [6.45, 7) is 7.63. The highest BCUT2D eigenvalue weighted by Crippen LogP contribution is 2.60. The van der Waals surface area contributed by atoms with Crippen molar-refractivity contribution in [1.82, 2.24) is 5.06 Å². The van der Waals surface area contributed by atoms with E-state index in [4.69, 9.17) is 28.0 Å². The Labute approximate surface area is 122 Å². The van der Waals surface area contributed by atoms with Crippen molar-refractivity contribution in [3.63, 3.8) is 0 Å². The normalized spacial score (nSPS) is 31.3. The van der Waals surface area contributed by atoms with Crippen LogP contribution in [0.4, 0.5) is 0 Å². The van der Waals surface area contributed by atoms with Gasteiger partial charge in [-0.25, -0.2) is 0 Å². The summed E-state index contributed by atoms with van der Waals surface area (Å²) < 4.78 is 0.141. The fraction of sp³-hybridized carbons (Fsp3) is 0.692. The molecule has 2 rings (SSSR count). The van der Waals surface area contributed by atoms with Crippen molar-refractivity contribution in [2.24, 2.45) is 22.7 Å². The lowest BCUT2D eigenvalue weighted by atomic mass is 9.95. The van der Waals surface area contributed by atoms with Gasteiger partial charge in [-0.15, -0.1) is 0 Å². The summed E-state index contributed by atoms with van der Waals surface area (Å²) in [5, 5.41) is 0.905. The molecule has 0 aromatic rings. The van der Waals surface area contributed by atoms with E-state index in [-0.39, 0.29) is 40.2 Å². The maximum Gasteiger partial charge on any atom is 0.261 e. The fourth-order valence-corrected chi connectivity index (χ4v) is 2.78. The van der Waals surface area contributed by atoms with E-state index in [1.807, 2.05) is 13.8 Å². The molecule has 1 aliphatic carbocycles. The number of halogens is 2. The Bertz CT molecular complexity index is 467. The maximum atomic E-state index is 12.4. The van der Waals surface area contributed by atoms with Crippen molar-refractivity contribution in [3.8, 4) is 0 Å². The standard InChI is InChI=1S/C13H17Cl2NO3/c1-12(2)6-19-16(11(12)18)10(17)9-7(5-8(14)15)13(9,3)4/h5,7,9H,6H2,1-4H3. The van der Waals surface area contributed by atoms with Crippen molar-refractivity contribution in [1.29, 1.82) is 0 Å². The molecule has 4 nitrogen and oxygen atoms in total. The molecule has 0 radical (unpaired) electrons. The Kier molecular flexibility index (Phi) is 3.49. The van der Waals surface area contributed by atoms with Gasteiger partial charge in [-0.05, 0) is 31.3 Å². The molecule has 0 spiro atoms. The highest BCUT2D eigenvalue weighted by Gasteiger charge is 2.63. The third-order valence-corrected chi connectivity index (χ3v) is 4.25. The first-order valence-electron chi connectivity index (χ1n) is 6.13. The molecule has 1 heterocycles. The van der Waals surface area contributed by atoms with Gasteiger partial charge in [0.05, 0.1) is 17.9 Å². The van der Waals surface area contributed by atoms with Crippen molar-refractivity contribution in [3.05, 3.63) is 10.6 Å².